The van der Waals surface area contributed by atoms with Gasteiger partial charge >= 0.3 is 0 Å². The van der Waals surface area contributed by atoms with Gasteiger partial charge in [-0.05, 0) is 54.4 Å². The first-order valence-electron chi connectivity index (χ1n) is 9.69. The summed E-state index contributed by atoms with van der Waals surface area (Å²) in [6, 6.07) is 13.6. The van der Waals surface area contributed by atoms with Gasteiger partial charge in [-0.3, -0.25) is 4.99 Å². The van der Waals surface area contributed by atoms with Crippen LogP contribution in [0, 0.1) is 0 Å². The molecule has 0 radical (unpaired) electrons. The number of fused-ring (bicyclic) bond motifs is 4. The number of hydrogen-bond donors (Lipinski definition) is 4. The van der Waals surface area contributed by atoms with Gasteiger partial charge in [-0.25, -0.2) is 4.98 Å². The van der Waals surface area contributed by atoms with E-state index in [0.717, 1.165) is 48.4 Å². The molecule has 3 aromatic carbocycles. The Labute approximate surface area is 202 Å². The van der Waals surface area contributed by atoms with Crippen LogP contribution in [0.25, 0.3) is 32.0 Å². The number of anilines is 2. The number of benzene rings is 3. The first-order valence-corrected chi connectivity index (χ1v) is 11.6. The van der Waals surface area contributed by atoms with E-state index < -0.39 is 0 Å². The molecule has 0 bridgehead atoms. The monoisotopic (exact) mass is 502 g/mol. The lowest BCUT2D eigenvalue weighted by Crippen LogP contribution is -2.23. The van der Waals surface area contributed by atoms with Crippen molar-refractivity contribution in [1.29, 1.82) is 0 Å². The molecule has 0 aliphatic heterocycles. The lowest BCUT2D eigenvalue weighted by Gasteiger charge is -2.08. The Balaban J connectivity index is 1.61. The van der Waals surface area contributed by atoms with Gasteiger partial charge in [0.2, 0.25) is 0 Å². The molecule has 6 nitrogen and oxygen atoms in total. The van der Waals surface area contributed by atoms with E-state index >= 15 is 0 Å². The Morgan fingerprint density at radius 1 is 1.03 bits per heavy atom. The highest BCUT2D eigenvalue weighted by Crippen LogP contribution is 2.36. The van der Waals surface area contributed by atoms with Gasteiger partial charge in [0.1, 0.15) is 0 Å². The maximum atomic E-state index is 6.27. The van der Waals surface area contributed by atoms with E-state index in [1.54, 1.807) is 6.07 Å². The summed E-state index contributed by atoms with van der Waals surface area (Å²) in [4.78, 5) is 12.3. The van der Waals surface area contributed by atoms with Crippen LogP contribution in [-0.2, 0) is 6.42 Å². The maximum Gasteiger partial charge on any atom is 0.188 e. The zero-order valence-corrected chi connectivity index (χ0v) is 19.6. The van der Waals surface area contributed by atoms with E-state index in [-0.39, 0.29) is 5.96 Å². The SMILES string of the molecule is NC(N)=NCCc1cc(Nc2nc3cc(Cl)c(Cl)cc3s2)cc2c1[nH]c1ccc(Cl)cc12. The van der Waals surface area contributed by atoms with E-state index in [9.17, 15) is 0 Å². The molecule has 10 heteroatoms. The standard InChI is InChI=1S/C22H17Cl3N6S/c23-11-1-2-17-13(6-11)14-7-12(5-10(20(14)30-17)3-4-28-21(26)27)29-22-31-18-8-15(24)16(25)9-19(18)32-22/h1-2,5-9,30H,3-4H2,(H,29,31)(H4,26,27,28). The summed E-state index contributed by atoms with van der Waals surface area (Å²) in [6.07, 6.45) is 0.662. The third kappa shape index (κ3) is 4.04. The molecule has 2 heterocycles. The molecule has 0 atom stereocenters. The van der Waals surface area contributed by atoms with Crippen LogP contribution in [0.3, 0.4) is 0 Å². The molecule has 0 saturated heterocycles. The Hall–Kier alpha value is -2.71. The third-order valence-corrected chi connectivity index (χ3v) is 7.00. The van der Waals surface area contributed by atoms with Crippen LogP contribution < -0.4 is 16.8 Å². The van der Waals surface area contributed by atoms with Crippen LogP contribution in [0.1, 0.15) is 5.56 Å². The Kier molecular flexibility index (Phi) is 5.51. The maximum absolute atomic E-state index is 6.27. The molecule has 0 aliphatic carbocycles. The van der Waals surface area contributed by atoms with Crippen molar-refractivity contribution in [2.24, 2.45) is 16.5 Å². The second kappa shape index (κ2) is 8.33. The van der Waals surface area contributed by atoms with Crippen molar-refractivity contribution in [3.63, 3.8) is 0 Å². The van der Waals surface area contributed by atoms with Crippen LogP contribution >= 0.6 is 46.1 Å². The van der Waals surface area contributed by atoms with Crippen LogP contribution in [-0.4, -0.2) is 22.5 Å². The molecule has 0 aliphatic rings. The molecule has 6 N–H and O–H groups in total. The van der Waals surface area contributed by atoms with Crippen molar-refractivity contribution in [3.05, 3.63) is 63.1 Å². The van der Waals surface area contributed by atoms with Crippen LogP contribution in [0.5, 0.6) is 0 Å². The van der Waals surface area contributed by atoms with E-state index in [4.69, 9.17) is 46.3 Å². The predicted molar refractivity (Wildman–Crippen MR) is 138 cm³/mol. The van der Waals surface area contributed by atoms with E-state index in [1.807, 2.05) is 24.3 Å². The van der Waals surface area contributed by atoms with Gasteiger partial charge in [-0.2, -0.15) is 0 Å². The number of halogens is 3. The molecule has 0 spiro atoms. The summed E-state index contributed by atoms with van der Waals surface area (Å²) in [5.74, 6) is 0.0748. The second-order valence-electron chi connectivity index (χ2n) is 7.31. The molecule has 2 aromatic heterocycles. The molecule has 0 amide bonds. The Bertz CT molecular complexity index is 1480. The van der Waals surface area contributed by atoms with Crippen molar-refractivity contribution in [3.8, 4) is 0 Å². The molecular weight excluding hydrogens is 487 g/mol. The van der Waals surface area contributed by atoms with Crippen molar-refractivity contribution in [2.45, 2.75) is 6.42 Å². The van der Waals surface area contributed by atoms with Gasteiger partial charge in [0.25, 0.3) is 0 Å². The van der Waals surface area contributed by atoms with Crippen molar-refractivity contribution in [1.82, 2.24) is 9.97 Å². The number of nitrogens with two attached hydrogens (primary N) is 2. The molecule has 162 valence electrons. The van der Waals surface area contributed by atoms with Gasteiger partial charge in [-0.1, -0.05) is 46.1 Å². The van der Waals surface area contributed by atoms with E-state index in [2.05, 4.69) is 32.4 Å². The Morgan fingerprint density at radius 2 is 1.84 bits per heavy atom. The van der Waals surface area contributed by atoms with Gasteiger partial charge < -0.3 is 21.8 Å². The molecule has 0 fully saturated rings. The smallest absolute Gasteiger partial charge is 0.188 e. The van der Waals surface area contributed by atoms with Crippen LogP contribution in [0.2, 0.25) is 15.1 Å². The number of hydrogen-bond acceptors (Lipinski definition) is 4. The minimum Gasteiger partial charge on any atom is -0.370 e. The fourth-order valence-electron chi connectivity index (χ4n) is 3.72. The number of nitrogens with zero attached hydrogens (tertiary/aromatic N) is 2. The molecule has 5 aromatic rings. The first kappa shape index (κ1) is 21.2. The van der Waals surface area contributed by atoms with Crippen LogP contribution in [0.4, 0.5) is 10.8 Å². The lowest BCUT2D eigenvalue weighted by molar-refractivity contribution is 0.968. The summed E-state index contributed by atoms with van der Waals surface area (Å²) in [7, 11) is 0. The molecule has 32 heavy (non-hydrogen) atoms. The van der Waals surface area contributed by atoms with Crippen molar-refractivity contribution >= 4 is 94.9 Å². The van der Waals surface area contributed by atoms with Gasteiger partial charge in [0.15, 0.2) is 11.1 Å². The second-order valence-corrected chi connectivity index (χ2v) is 9.59. The van der Waals surface area contributed by atoms with Gasteiger partial charge in [-0.15, -0.1) is 0 Å². The zero-order chi connectivity index (χ0) is 22.4. The minimum atomic E-state index is 0.0748. The van der Waals surface area contributed by atoms with Gasteiger partial charge in [0, 0.05) is 39.1 Å². The number of H-pyrrole nitrogens is 1. The number of thiazole rings is 1. The Morgan fingerprint density at radius 3 is 2.66 bits per heavy atom. The van der Waals surface area contributed by atoms with Crippen molar-refractivity contribution in [2.75, 3.05) is 11.9 Å². The fraction of sp³-hybridized carbons (Fsp3) is 0.0909. The van der Waals surface area contributed by atoms with E-state index in [0.29, 0.717) is 28.0 Å². The summed E-state index contributed by atoms with van der Waals surface area (Å²) >= 11 is 20.1. The topological polar surface area (TPSA) is 105 Å². The molecule has 5 rings (SSSR count). The first-order chi connectivity index (χ1) is 15.4. The number of aromatic nitrogens is 2. The number of aliphatic imine (C=N–C) groups is 1. The average molecular weight is 504 g/mol. The lowest BCUT2D eigenvalue weighted by atomic mass is 10.1. The molecule has 0 unspecified atom stereocenters. The number of nitrogens with one attached hydrogen (secondary N) is 2. The average Bonchev–Trinajstić information content (AvgIpc) is 3.28. The minimum absolute atomic E-state index is 0.0748. The summed E-state index contributed by atoms with van der Waals surface area (Å²) in [6.45, 7) is 0.481. The van der Waals surface area contributed by atoms with E-state index in [1.165, 1.54) is 11.3 Å². The largest absolute Gasteiger partial charge is 0.370 e. The highest BCUT2D eigenvalue weighted by molar-refractivity contribution is 7.22. The number of guanidine groups is 1. The highest BCUT2D eigenvalue weighted by atomic mass is 35.5. The van der Waals surface area contributed by atoms with Crippen molar-refractivity contribution < 1.29 is 0 Å². The predicted octanol–water partition coefficient (Wildman–Crippen LogP) is 6.45. The quantitative estimate of drug-likeness (QED) is 0.163. The summed E-state index contributed by atoms with van der Waals surface area (Å²) in [5.41, 5.74) is 15.8. The number of aromatic amines is 1. The zero-order valence-electron chi connectivity index (χ0n) is 16.5. The van der Waals surface area contributed by atoms with Crippen LogP contribution in [0.15, 0.2) is 47.5 Å². The normalized spacial score (nSPS) is 11.5. The molecule has 0 saturated carbocycles. The highest BCUT2D eigenvalue weighted by Gasteiger charge is 2.13. The third-order valence-electron chi connectivity index (χ3n) is 5.11. The summed E-state index contributed by atoms with van der Waals surface area (Å²) < 4.78 is 0.954. The van der Waals surface area contributed by atoms with Gasteiger partial charge in [0.05, 0.1) is 20.3 Å². The number of rotatable bonds is 5. The summed E-state index contributed by atoms with van der Waals surface area (Å²) in [5, 5.41) is 7.93. The fourth-order valence-corrected chi connectivity index (χ4v) is 5.19. The molecular formula is C22H17Cl3N6S.